The zero-order valence-electron chi connectivity index (χ0n) is 74.5. The zero-order valence-corrected chi connectivity index (χ0v) is 58.5. The monoisotopic (exact) mass is 1400 g/mol. The maximum absolute atomic E-state index is 10.0. The zero-order chi connectivity index (χ0) is 85.5. The predicted octanol–water partition coefficient (Wildman–Crippen LogP) is 25.0. The molecule has 0 saturated carbocycles. The SMILES string of the molecule is [2H]c1c([2H])c([2H])c2c(c1[2H])c1c([2H])c([2H])c([2H])c([2H])c1n2-c1ccc2c(c1)N(c1c(-c3ccccc3)cc(-c3ccccc3)cc1-c1ccccc1)c1cc(C3c4ccccc4Cc4ccccc43)cc3c1B2c1ccc(-n2c4c([2H])c([2H])c([2H])c([2H])c4c4c([2H])c([2H])c([2H])c([2H])c42)cc1N3c1c(-c2ccccc2)cc(-c2ccccc2)cc1-c1ccccc1. The number of hydrogen-bond donors (Lipinski definition) is 0. The van der Waals surface area contributed by atoms with Gasteiger partial charge in [0.1, 0.15) is 0 Å². The highest BCUT2D eigenvalue weighted by molar-refractivity contribution is 7.00. The van der Waals surface area contributed by atoms with Crippen LogP contribution in [0.1, 0.15) is 55.7 Å². The molecule has 4 heterocycles. The van der Waals surface area contributed by atoms with E-state index in [9.17, 15) is 21.9 Å². The van der Waals surface area contributed by atoms with Gasteiger partial charge in [-0.15, -0.1) is 0 Å². The molecule has 0 saturated heterocycles. The van der Waals surface area contributed by atoms with Crippen molar-refractivity contribution in [3.05, 3.63) is 428 Å². The van der Waals surface area contributed by atoms with Crippen LogP contribution in [0.25, 0.3) is 122 Å². The third-order valence-electron chi connectivity index (χ3n) is 22.3. The molecule has 17 aromatic carbocycles. The summed E-state index contributed by atoms with van der Waals surface area (Å²) in [6.07, 6.45) is 0.653. The van der Waals surface area contributed by atoms with Crippen molar-refractivity contribution in [3.8, 4) is 78.1 Å². The standard InChI is InChI=1S/C104H69BN4/c1-7-31-68(32-8-1)76-60-87(70-35-11-3-12-36-70)103(88(61-76)71-37-13-4-14-38-71)108-97-66-79(106-93-51-27-23-47-83(93)84-48-24-28-52-94(84)106)55-57-91(97)105-92-58-56-80(107-95-53-29-25-49-85(95)86-50-26-30-54-96(86)107)67-98(92)109(100-65-78(64-99(108)102(100)105)101-81-45-21-19-43-74(81)59-75-44-20-22-46-82(75)101)104-89(72-39-15-5-16-40-72)62-77(69-33-9-2-10-34-69)63-90(104)73-41-17-6-18-42-73/h1-58,60-67,101H,59H2/i23D,24D,25D,26D,27D,28D,29D,30D,47D,48D,49D,50D,51D,52D,53D,54D. The summed E-state index contributed by atoms with van der Waals surface area (Å²) >= 11 is 0. The summed E-state index contributed by atoms with van der Waals surface area (Å²) in [5.41, 5.74) is 22.5. The Balaban J connectivity index is 0.977. The number of aromatic nitrogens is 2. The van der Waals surface area contributed by atoms with E-state index in [0.717, 1.165) is 134 Å². The number of nitrogens with zero attached hydrogens (tertiary/aromatic N) is 4. The number of anilines is 6. The summed E-state index contributed by atoms with van der Waals surface area (Å²) in [7, 11) is 0. The van der Waals surface area contributed by atoms with Crippen LogP contribution in [0.4, 0.5) is 34.1 Å². The van der Waals surface area contributed by atoms with E-state index in [2.05, 4.69) is 168 Å². The second kappa shape index (κ2) is 25.4. The van der Waals surface area contributed by atoms with E-state index in [1.165, 1.54) is 0 Å². The van der Waals surface area contributed by atoms with E-state index in [0.29, 0.717) is 29.2 Å². The fraction of sp³-hybridized carbons (Fsp3) is 0.0192. The Hall–Kier alpha value is -14.0. The molecule has 0 bridgehead atoms. The first-order chi connectivity index (χ1) is 60.8. The molecule has 22 rings (SSSR count). The first kappa shape index (κ1) is 48.2. The molecule has 0 spiro atoms. The van der Waals surface area contributed by atoms with Crippen molar-refractivity contribution in [3.63, 3.8) is 0 Å². The van der Waals surface area contributed by atoms with Gasteiger partial charge in [0, 0.05) is 83.8 Å². The van der Waals surface area contributed by atoms with E-state index in [-0.39, 0.29) is 43.6 Å². The summed E-state index contributed by atoms with van der Waals surface area (Å²) in [5, 5.41) is -0.324. The maximum Gasteiger partial charge on any atom is 0.252 e. The molecule has 0 radical (unpaired) electrons. The van der Waals surface area contributed by atoms with Gasteiger partial charge in [-0.25, -0.2) is 0 Å². The molecule has 508 valence electrons. The van der Waals surface area contributed by atoms with E-state index in [4.69, 9.17) is 0 Å². The van der Waals surface area contributed by atoms with Crippen LogP contribution in [-0.4, -0.2) is 15.8 Å². The van der Waals surface area contributed by atoms with E-state index < -0.39 is 109 Å². The third kappa shape index (κ3) is 10.0. The second-order valence-corrected chi connectivity index (χ2v) is 28.2. The van der Waals surface area contributed by atoms with Gasteiger partial charge in [-0.05, 0) is 180 Å². The van der Waals surface area contributed by atoms with Crippen LogP contribution in [0.5, 0.6) is 0 Å². The molecule has 0 N–H and O–H groups in total. The van der Waals surface area contributed by atoms with Crippen molar-refractivity contribution in [2.75, 3.05) is 9.80 Å². The number of fused-ring (bicyclic) bond motifs is 12. The van der Waals surface area contributed by atoms with Crippen molar-refractivity contribution in [1.82, 2.24) is 9.13 Å². The fourth-order valence-corrected chi connectivity index (χ4v) is 17.7. The van der Waals surface area contributed by atoms with Gasteiger partial charge in [0.05, 0.1) is 55.4 Å². The average Bonchev–Trinajstić information content (AvgIpc) is 1.42. The Bertz CT molecular complexity index is 7120. The molecule has 19 aromatic rings. The molecule has 2 aliphatic heterocycles. The summed E-state index contributed by atoms with van der Waals surface area (Å²) in [6, 6.07) is 96.1. The van der Waals surface area contributed by atoms with Gasteiger partial charge in [-0.3, -0.25) is 0 Å². The van der Waals surface area contributed by atoms with Crippen LogP contribution in [0.3, 0.4) is 0 Å². The van der Waals surface area contributed by atoms with Crippen LogP contribution in [0, 0.1) is 0 Å². The Labute approximate surface area is 656 Å². The maximum atomic E-state index is 10.0. The summed E-state index contributed by atoms with van der Waals surface area (Å²) in [5.74, 6) is -0.474. The normalized spacial score (nSPS) is 14.9. The van der Waals surface area contributed by atoms with Crippen LogP contribution in [0.2, 0.25) is 0 Å². The topological polar surface area (TPSA) is 16.3 Å². The van der Waals surface area contributed by atoms with Gasteiger partial charge >= 0.3 is 0 Å². The molecule has 3 aliphatic rings. The minimum absolute atomic E-state index is 0.0604. The number of benzene rings is 17. The molecular formula is C104H69BN4. The van der Waals surface area contributed by atoms with Gasteiger partial charge in [0.25, 0.3) is 6.71 Å². The molecule has 0 unspecified atom stereocenters. The van der Waals surface area contributed by atoms with Gasteiger partial charge in [-0.1, -0.05) is 315 Å². The van der Waals surface area contributed by atoms with Crippen LogP contribution < -0.4 is 26.2 Å². The predicted molar refractivity (Wildman–Crippen MR) is 458 cm³/mol. The number of para-hydroxylation sites is 4. The number of rotatable bonds is 11. The third-order valence-corrected chi connectivity index (χ3v) is 22.3. The molecule has 5 heteroatoms. The summed E-state index contributed by atoms with van der Waals surface area (Å²) in [4.78, 5) is 4.72. The van der Waals surface area contributed by atoms with E-state index >= 15 is 0 Å². The van der Waals surface area contributed by atoms with Gasteiger partial charge in [0.15, 0.2) is 0 Å². The molecular weight excluding hydrogens is 1320 g/mol. The molecule has 0 amide bonds. The Morgan fingerprint density at radius 2 is 0.578 bits per heavy atom. The van der Waals surface area contributed by atoms with Crippen LogP contribution >= 0.6 is 0 Å². The molecule has 0 atom stereocenters. The highest BCUT2D eigenvalue weighted by atomic mass is 15.2. The Kier molecular flexibility index (Phi) is 11.2. The smallest absolute Gasteiger partial charge is 0.252 e. The van der Waals surface area contributed by atoms with Crippen molar-refractivity contribution in [1.29, 1.82) is 0 Å². The first-order valence-corrected chi connectivity index (χ1v) is 36.7. The Morgan fingerprint density at radius 1 is 0.275 bits per heavy atom. The van der Waals surface area contributed by atoms with Crippen molar-refractivity contribution < 1.29 is 21.9 Å². The molecule has 109 heavy (non-hydrogen) atoms. The van der Waals surface area contributed by atoms with Gasteiger partial charge in [0.2, 0.25) is 0 Å². The van der Waals surface area contributed by atoms with Crippen molar-refractivity contribution in [2.45, 2.75) is 12.3 Å². The lowest BCUT2D eigenvalue weighted by Gasteiger charge is -2.46. The minimum Gasteiger partial charge on any atom is -0.310 e. The summed E-state index contributed by atoms with van der Waals surface area (Å²) < 4.78 is 156. The lowest BCUT2D eigenvalue weighted by molar-refractivity contribution is 0.885. The summed E-state index contributed by atoms with van der Waals surface area (Å²) in [6.45, 7) is -0.825. The van der Waals surface area contributed by atoms with Crippen molar-refractivity contribution in [2.24, 2.45) is 0 Å². The minimum atomic E-state index is -0.825. The van der Waals surface area contributed by atoms with Gasteiger partial charge < -0.3 is 18.9 Å². The second-order valence-electron chi connectivity index (χ2n) is 28.2. The first-order valence-electron chi connectivity index (χ1n) is 44.7. The fourth-order valence-electron chi connectivity index (χ4n) is 17.7. The van der Waals surface area contributed by atoms with E-state index in [1.807, 2.05) is 146 Å². The molecule has 1 aliphatic carbocycles. The molecule has 0 fully saturated rings. The lowest BCUT2D eigenvalue weighted by atomic mass is 9.33. The average molecular weight is 1400 g/mol. The van der Waals surface area contributed by atoms with Crippen molar-refractivity contribution >= 4 is 101 Å². The Morgan fingerprint density at radius 3 is 0.917 bits per heavy atom. The highest BCUT2D eigenvalue weighted by Gasteiger charge is 2.47. The van der Waals surface area contributed by atoms with Gasteiger partial charge in [-0.2, -0.15) is 0 Å². The largest absolute Gasteiger partial charge is 0.310 e. The quantitative estimate of drug-likeness (QED) is 0.120. The highest BCUT2D eigenvalue weighted by Crippen LogP contribution is 2.57. The molecule has 2 aromatic heterocycles. The van der Waals surface area contributed by atoms with Crippen LogP contribution in [-0.2, 0) is 6.42 Å². The van der Waals surface area contributed by atoms with Crippen LogP contribution in [0.15, 0.2) is 400 Å². The molecule has 4 nitrogen and oxygen atoms in total. The lowest BCUT2D eigenvalue weighted by Crippen LogP contribution is -2.61. The van der Waals surface area contributed by atoms with E-state index in [1.54, 1.807) is 9.13 Å². The number of hydrogen-bond acceptors (Lipinski definition) is 2.